The van der Waals surface area contributed by atoms with Crippen molar-refractivity contribution in [3.8, 4) is 11.5 Å². The summed E-state index contributed by atoms with van der Waals surface area (Å²) < 4.78 is 49.7. The quantitative estimate of drug-likeness (QED) is 0.714. The van der Waals surface area contributed by atoms with Crippen molar-refractivity contribution in [3.05, 3.63) is 71.8 Å². The molecule has 0 saturated heterocycles. The number of nitrogens with zero attached hydrogens (tertiary/aromatic N) is 3. The molecule has 28 heavy (non-hydrogen) atoms. The molecule has 1 atom stereocenters. The number of ether oxygens (including phenoxy) is 2. The lowest BCUT2D eigenvalue weighted by Crippen LogP contribution is -2.20. The average molecular weight is 388 g/mol. The molecule has 1 aromatic heterocycles. The van der Waals surface area contributed by atoms with Gasteiger partial charge in [0.15, 0.2) is 11.5 Å². The first-order chi connectivity index (χ1) is 13.5. The van der Waals surface area contributed by atoms with E-state index in [0.717, 1.165) is 16.8 Å². The minimum Gasteiger partial charge on any atom is -0.493 e. The lowest BCUT2D eigenvalue weighted by Gasteiger charge is -2.25. The number of anilines is 1. The molecule has 0 saturated carbocycles. The standard InChI is InChI=1S/C19H15F3N4O2/c1-27-17-8-12(4-7-16(17)28-18(21)22)15-9-14(11-2-5-13(20)6-3-11)25-19-23-10-24-26(15)19/h2-10,15,18H,1H3,(H,23,24,25)/t15-/m1/s1. The van der Waals surface area contributed by atoms with Gasteiger partial charge in [0.1, 0.15) is 18.2 Å². The highest BCUT2D eigenvalue weighted by atomic mass is 19.3. The second kappa shape index (κ2) is 7.26. The highest BCUT2D eigenvalue weighted by molar-refractivity contribution is 5.77. The summed E-state index contributed by atoms with van der Waals surface area (Å²) >= 11 is 0. The Balaban J connectivity index is 1.76. The van der Waals surface area contributed by atoms with Gasteiger partial charge in [-0.15, -0.1) is 0 Å². The Morgan fingerprint density at radius 2 is 1.89 bits per heavy atom. The summed E-state index contributed by atoms with van der Waals surface area (Å²) in [6, 6.07) is 10.3. The van der Waals surface area contributed by atoms with Crippen LogP contribution in [0, 0.1) is 5.82 Å². The van der Waals surface area contributed by atoms with Gasteiger partial charge in [0.05, 0.1) is 7.11 Å². The number of alkyl halides is 2. The van der Waals surface area contributed by atoms with Crippen molar-refractivity contribution in [2.45, 2.75) is 12.7 Å². The van der Waals surface area contributed by atoms with E-state index < -0.39 is 6.61 Å². The molecule has 6 nitrogen and oxygen atoms in total. The number of halogens is 3. The molecular formula is C19H15F3N4O2. The maximum Gasteiger partial charge on any atom is 0.387 e. The second-order valence-corrected chi connectivity index (χ2v) is 5.97. The Labute approximate surface area is 158 Å². The Morgan fingerprint density at radius 3 is 2.61 bits per heavy atom. The predicted molar refractivity (Wildman–Crippen MR) is 95.8 cm³/mol. The van der Waals surface area contributed by atoms with Gasteiger partial charge in [-0.1, -0.05) is 6.07 Å². The maximum absolute atomic E-state index is 13.3. The van der Waals surface area contributed by atoms with Crippen molar-refractivity contribution in [1.29, 1.82) is 0 Å². The first kappa shape index (κ1) is 17.9. The summed E-state index contributed by atoms with van der Waals surface area (Å²) in [5, 5.41) is 7.38. The first-order valence-corrected chi connectivity index (χ1v) is 8.32. The fraction of sp³-hybridized carbons (Fsp3) is 0.158. The zero-order valence-corrected chi connectivity index (χ0v) is 14.6. The molecule has 0 radical (unpaired) electrons. The van der Waals surface area contributed by atoms with Crippen LogP contribution in [0.15, 0.2) is 54.9 Å². The molecule has 1 N–H and O–H groups in total. The van der Waals surface area contributed by atoms with E-state index in [0.29, 0.717) is 5.95 Å². The molecule has 1 aliphatic rings. The van der Waals surface area contributed by atoms with Gasteiger partial charge in [0.2, 0.25) is 5.95 Å². The molecule has 0 spiro atoms. The van der Waals surface area contributed by atoms with Gasteiger partial charge >= 0.3 is 6.61 Å². The molecule has 4 rings (SSSR count). The highest BCUT2D eigenvalue weighted by Gasteiger charge is 2.24. The summed E-state index contributed by atoms with van der Waals surface area (Å²) in [5.41, 5.74) is 2.22. The number of fused-ring (bicyclic) bond motifs is 1. The Hall–Kier alpha value is -3.49. The average Bonchev–Trinajstić information content (AvgIpc) is 3.16. The van der Waals surface area contributed by atoms with E-state index in [2.05, 4.69) is 20.1 Å². The monoisotopic (exact) mass is 388 g/mol. The summed E-state index contributed by atoms with van der Waals surface area (Å²) in [7, 11) is 1.38. The molecule has 3 aromatic rings. The maximum atomic E-state index is 13.3. The van der Waals surface area contributed by atoms with E-state index in [4.69, 9.17) is 4.74 Å². The number of rotatable bonds is 5. The van der Waals surface area contributed by atoms with Gasteiger partial charge < -0.3 is 14.8 Å². The summed E-state index contributed by atoms with van der Waals surface area (Å²) in [6.45, 7) is -2.95. The Kier molecular flexibility index (Phi) is 4.64. The second-order valence-electron chi connectivity index (χ2n) is 5.97. The lowest BCUT2D eigenvalue weighted by atomic mass is 10.0. The number of hydrogen-bond donors (Lipinski definition) is 1. The topological polar surface area (TPSA) is 61.2 Å². The van der Waals surface area contributed by atoms with E-state index in [9.17, 15) is 13.2 Å². The minimum atomic E-state index is -2.95. The molecule has 144 valence electrons. The molecule has 0 aliphatic carbocycles. The van der Waals surface area contributed by atoms with Gasteiger partial charge in [-0.05, 0) is 53.6 Å². The van der Waals surface area contributed by atoms with Crippen LogP contribution in [0.1, 0.15) is 17.2 Å². The normalized spacial score (nSPS) is 15.6. The minimum absolute atomic E-state index is 0.0586. The van der Waals surface area contributed by atoms with Gasteiger partial charge in [-0.3, -0.25) is 0 Å². The zero-order valence-electron chi connectivity index (χ0n) is 14.6. The van der Waals surface area contributed by atoms with Crippen LogP contribution in [0.25, 0.3) is 5.70 Å². The van der Waals surface area contributed by atoms with Crippen molar-refractivity contribution in [2.24, 2.45) is 0 Å². The van der Waals surface area contributed by atoms with Crippen LogP contribution in [0.5, 0.6) is 11.5 Å². The van der Waals surface area contributed by atoms with E-state index in [1.165, 1.54) is 31.6 Å². The van der Waals surface area contributed by atoms with Crippen LogP contribution in [0.3, 0.4) is 0 Å². The first-order valence-electron chi connectivity index (χ1n) is 8.32. The van der Waals surface area contributed by atoms with E-state index in [-0.39, 0.29) is 23.4 Å². The molecular weight excluding hydrogens is 373 g/mol. The molecule has 0 bridgehead atoms. The van der Waals surface area contributed by atoms with E-state index in [1.807, 2.05) is 6.08 Å². The smallest absolute Gasteiger partial charge is 0.387 e. The molecule has 2 aromatic carbocycles. The molecule has 0 amide bonds. The summed E-state index contributed by atoms with van der Waals surface area (Å²) in [6.07, 6.45) is 3.29. The van der Waals surface area contributed by atoms with Crippen molar-refractivity contribution in [1.82, 2.24) is 14.8 Å². The third kappa shape index (κ3) is 3.38. The van der Waals surface area contributed by atoms with Crippen molar-refractivity contribution in [3.63, 3.8) is 0 Å². The fourth-order valence-corrected chi connectivity index (χ4v) is 3.03. The van der Waals surface area contributed by atoms with Gasteiger partial charge in [0.25, 0.3) is 0 Å². The van der Waals surface area contributed by atoms with Gasteiger partial charge in [-0.25, -0.2) is 9.07 Å². The highest BCUT2D eigenvalue weighted by Crippen LogP contribution is 2.36. The number of allylic oxidation sites excluding steroid dienone is 1. The van der Waals surface area contributed by atoms with E-state index >= 15 is 0 Å². The van der Waals surface area contributed by atoms with Crippen LogP contribution < -0.4 is 14.8 Å². The van der Waals surface area contributed by atoms with Crippen LogP contribution in [0.4, 0.5) is 19.1 Å². The van der Waals surface area contributed by atoms with Crippen LogP contribution >= 0.6 is 0 Å². The number of aromatic nitrogens is 3. The van der Waals surface area contributed by atoms with Crippen LogP contribution in [0.2, 0.25) is 0 Å². The largest absolute Gasteiger partial charge is 0.493 e. The van der Waals surface area contributed by atoms with Gasteiger partial charge in [0, 0.05) is 5.70 Å². The third-order valence-electron chi connectivity index (χ3n) is 4.31. The third-order valence-corrected chi connectivity index (χ3v) is 4.31. The number of hydrogen-bond acceptors (Lipinski definition) is 5. The predicted octanol–water partition coefficient (Wildman–Crippen LogP) is 4.08. The van der Waals surface area contributed by atoms with Crippen LogP contribution in [-0.2, 0) is 0 Å². The number of methoxy groups -OCH3 is 1. The molecule has 9 heteroatoms. The Bertz CT molecular complexity index is 1020. The van der Waals surface area contributed by atoms with Crippen molar-refractivity contribution >= 4 is 11.6 Å². The number of nitrogens with one attached hydrogen (secondary N) is 1. The van der Waals surface area contributed by atoms with E-state index in [1.54, 1.807) is 28.9 Å². The summed E-state index contributed by atoms with van der Waals surface area (Å²) in [5.74, 6) is 0.282. The Morgan fingerprint density at radius 1 is 1.11 bits per heavy atom. The lowest BCUT2D eigenvalue weighted by molar-refractivity contribution is -0.0512. The molecule has 1 aliphatic heterocycles. The number of benzene rings is 2. The fourth-order valence-electron chi connectivity index (χ4n) is 3.03. The van der Waals surface area contributed by atoms with Crippen molar-refractivity contribution in [2.75, 3.05) is 12.4 Å². The SMILES string of the molecule is COc1cc([C@H]2C=C(c3ccc(F)cc3)Nc3ncnn32)ccc1OC(F)F. The van der Waals surface area contributed by atoms with Gasteiger partial charge in [-0.2, -0.15) is 18.9 Å². The summed E-state index contributed by atoms with van der Waals surface area (Å²) in [4.78, 5) is 4.20. The molecule has 0 fully saturated rings. The van der Waals surface area contributed by atoms with Crippen molar-refractivity contribution < 1.29 is 22.6 Å². The zero-order chi connectivity index (χ0) is 19.7. The van der Waals surface area contributed by atoms with Crippen LogP contribution in [-0.4, -0.2) is 28.5 Å². The molecule has 2 heterocycles. The molecule has 0 unspecified atom stereocenters.